The fraction of sp³-hybridized carbons (Fsp3) is 1.00. The summed E-state index contributed by atoms with van der Waals surface area (Å²) in [5, 5.41) is 0. The Morgan fingerprint density at radius 1 is 1.60 bits per heavy atom. The van der Waals surface area contributed by atoms with Crippen molar-refractivity contribution in [2.24, 2.45) is 5.92 Å². The van der Waals surface area contributed by atoms with Crippen LogP contribution in [0.15, 0.2) is 0 Å². The van der Waals surface area contributed by atoms with Crippen LogP contribution in [-0.4, -0.2) is 17.5 Å². The molecule has 1 rings (SSSR count). The molecule has 0 aromatic carbocycles. The summed E-state index contributed by atoms with van der Waals surface area (Å²) in [6.07, 6.45) is 2.18. The molecular weight excluding hydrogens is 171 g/mol. The first-order valence-electron chi connectivity index (χ1n) is 3.58. The van der Waals surface area contributed by atoms with Crippen molar-refractivity contribution >= 4 is 23.2 Å². The smallest absolute Gasteiger partial charge is 0.110 e. The van der Waals surface area contributed by atoms with Gasteiger partial charge in [0.15, 0.2) is 0 Å². The van der Waals surface area contributed by atoms with Crippen molar-refractivity contribution in [2.75, 3.05) is 6.61 Å². The molecule has 1 heterocycles. The molecule has 0 N–H and O–H groups in total. The van der Waals surface area contributed by atoms with Gasteiger partial charge in [0, 0.05) is 13.0 Å². The number of hydrogen-bond acceptors (Lipinski definition) is 1. The minimum absolute atomic E-state index is 0.268. The number of rotatable bonds is 2. The van der Waals surface area contributed by atoms with E-state index >= 15 is 0 Å². The molecule has 0 spiro atoms. The van der Waals surface area contributed by atoms with Crippen LogP contribution < -0.4 is 0 Å². The van der Waals surface area contributed by atoms with Crippen LogP contribution in [0.25, 0.3) is 0 Å². The third-order valence-electron chi connectivity index (χ3n) is 1.72. The second-order valence-electron chi connectivity index (χ2n) is 2.92. The van der Waals surface area contributed by atoms with Crippen molar-refractivity contribution in [3.63, 3.8) is 0 Å². The molecule has 0 radical (unpaired) electrons. The van der Waals surface area contributed by atoms with Crippen LogP contribution >= 0.6 is 23.2 Å². The highest BCUT2D eigenvalue weighted by Crippen LogP contribution is 2.24. The van der Waals surface area contributed by atoms with Crippen LogP contribution in [0.4, 0.5) is 0 Å². The molecule has 0 aromatic rings. The summed E-state index contributed by atoms with van der Waals surface area (Å²) in [4.78, 5) is -0.268. The van der Waals surface area contributed by atoms with Gasteiger partial charge in [-0.15, -0.1) is 23.2 Å². The molecule has 0 aliphatic carbocycles. The molecule has 2 atom stereocenters. The van der Waals surface area contributed by atoms with Crippen molar-refractivity contribution < 1.29 is 4.74 Å². The molecule has 1 aliphatic rings. The first kappa shape index (κ1) is 8.63. The fourth-order valence-corrected chi connectivity index (χ4v) is 1.65. The molecule has 1 nitrogen and oxygen atoms in total. The summed E-state index contributed by atoms with van der Waals surface area (Å²) < 4.78 is 5.41. The molecule has 0 bridgehead atoms. The van der Waals surface area contributed by atoms with Gasteiger partial charge in [-0.1, -0.05) is 6.92 Å². The van der Waals surface area contributed by atoms with Gasteiger partial charge in [-0.05, 0) is 12.3 Å². The fourth-order valence-electron chi connectivity index (χ4n) is 1.25. The van der Waals surface area contributed by atoms with Crippen molar-refractivity contribution in [1.29, 1.82) is 0 Å². The average molecular weight is 183 g/mol. The molecule has 10 heavy (non-hydrogen) atoms. The Kier molecular flexibility index (Phi) is 3.28. The van der Waals surface area contributed by atoms with E-state index in [-0.39, 0.29) is 4.84 Å². The first-order chi connectivity index (χ1) is 4.68. The highest BCUT2D eigenvalue weighted by Gasteiger charge is 2.23. The lowest BCUT2D eigenvalue weighted by atomic mass is 10.1. The third kappa shape index (κ3) is 2.65. The molecular formula is C7H12Cl2O. The zero-order valence-corrected chi connectivity index (χ0v) is 7.53. The predicted octanol–water partition coefficient (Wildman–Crippen LogP) is 2.61. The number of hydrogen-bond donors (Lipinski definition) is 0. The quantitative estimate of drug-likeness (QED) is 0.598. The van der Waals surface area contributed by atoms with Crippen LogP contribution in [-0.2, 0) is 4.74 Å². The van der Waals surface area contributed by atoms with E-state index < -0.39 is 0 Å². The van der Waals surface area contributed by atoms with Crippen molar-refractivity contribution in [3.8, 4) is 0 Å². The topological polar surface area (TPSA) is 9.23 Å². The SMILES string of the molecule is C[C@@H]1CO[C@@H](CC(Cl)Cl)C1. The van der Waals surface area contributed by atoms with Crippen LogP contribution in [0.5, 0.6) is 0 Å². The molecule has 0 saturated carbocycles. The number of halogens is 2. The van der Waals surface area contributed by atoms with Gasteiger partial charge in [0.05, 0.1) is 6.10 Å². The average Bonchev–Trinajstić information content (AvgIpc) is 2.13. The van der Waals surface area contributed by atoms with E-state index in [1.54, 1.807) is 0 Å². The Morgan fingerprint density at radius 2 is 2.30 bits per heavy atom. The second kappa shape index (κ2) is 3.80. The predicted molar refractivity (Wildman–Crippen MR) is 43.6 cm³/mol. The molecule has 0 unspecified atom stereocenters. The van der Waals surface area contributed by atoms with Gasteiger partial charge in [0.25, 0.3) is 0 Å². The zero-order valence-electron chi connectivity index (χ0n) is 6.02. The van der Waals surface area contributed by atoms with Crippen LogP contribution in [0, 0.1) is 5.92 Å². The van der Waals surface area contributed by atoms with E-state index in [9.17, 15) is 0 Å². The Bertz CT molecular complexity index is 106. The van der Waals surface area contributed by atoms with Gasteiger partial charge in [-0.25, -0.2) is 0 Å². The Labute approximate surface area is 71.6 Å². The molecule has 0 amide bonds. The lowest BCUT2D eigenvalue weighted by Crippen LogP contribution is -2.08. The van der Waals surface area contributed by atoms with Crippen LogP contribution in [0.3, 0.4) is 0 Å². The van der Waals surface area contributed by atoms with Crippen LogP contribution in [0.1, 0.15) is 19.8 Å². The minimum Gasteiger partial charge on any atom is -0.378 e. The molecule has 60 valence electrons. The van der Waals surface area contributed by atoms with E-state index in [2.05, 4.69) is 6.92 Å². The van der Waals surface area contributed by atoms with E-state index in [4.69, 9.17) is 27.9 Å². The summed E-state index contributed by atoms with van der Waals surface area (Å²) in [6, 6.07) is 0. The van der Waals surface area contributed by atoms with Crippen molar-refractivity contribution in [1.82, 2.24) is 0 Å². The lowest BCUT2D eigenvalue weighted by molar-refractivity contribution is 0.104. The second-order valence-corrected chi connectivity index (χ2v) is 4.20. The van der Waals surface area contributed by atoms with Crippen LogP contribution in [0.2, 0.25) is 0 Å². The highest BCUT2D eigenvalue weighted by molar-refractivity contribution is 6.44. The Hall–Kier alpha value is 0.540. The van der Waals surface area contributed by atoms with Gasteiger partial charge >= 0.3 is 0 Å². The van der Waals surface area contributed by atoms with Gasteiger partial charge in [-0.3, -0.25) is 0 Å². The molecule has 3 heteroatoms. The van der Waals surface area contributed by atoms with E-state index in [1.165, 1.54) is 0 Å². The molecule has 1 fully saturated rings. The Morgan fingerprint density at radius 3 is 2.70 bits per heavy atom. The summed E-state index contributed by atoms with van der Waals surface area (Å²) in [5.74, 6) is 0.678. The summed E-state index contributed by atoms with van der Waals surface area (Å²) >= 11 is 11.2. The standard InChI is InChI=1S/C7H12Cl2O/c1-5-2-6(10-4-5)3-7(8)9/h5-7H,2-4H2,1H3/t5-,6+/m0/s1. The Balaban J connectivity index is 2.18. The van der Waals surface area contributed by atoms with Gasteiger partial charge < -0.3 is 4.74 Å². The molecule has 0 aromatic heterocycles. The minimum atomic E-state index is -0.268. The lowest BCUT2D eigenvalue weighted by Gasteiger charge is -2.08. The summed E-state index contributed by atoms with van der Waals surface area (Å²) in [5.41, 5.74) is 0. The van der Waals surface area contributed by atoms with Gasteiger partial charge in [-0.2, -0.15) is 0 Å². The zero-order chi connectivity index (χ0) is 7.56. The van der Waals surface area contributed by atoms with Crippen molar-refractivity contribution in [2.45, 2.75) is 30.7 Å². The highest BCUT2D eigenvalue weighted by atomic mass is 35.5. The monoisotopic (exact) mass is 182 g/mol. The maximum atomic E-state index is 5.59. The van der Waals surface area contributed by atoms with E-state index in [1.807, 2.05) is 0 Å². The van der Waals surface area contributed by atoms with E-state index in [0.717, 1.165) is 19.4 Å². The number of ether oxygens (including phenoxy) is 1. The molecule has 1 aliphatic heterocycles. The van der Waals surface area contributed by atoms with Crippen molar-refractivity contribution in [3.05, 3.63) is 0 Å². The van der Waals surface area contributed by atoms with E-state index in [0.29, 0.717) is 12.0 Å². The summed E-state index contributed by atoms with van der Waals surface area (Å²) in [6.45, 7) is 3.04. The normalized spacial score (nSPS) is 33.6. The maximum Gasteiger partial charge on any atom is 0.110 e. The largest absolute Gasteiger partial charge is 0.378 e. The van der Waals surface area contributed by atoms with Gasteiger partial charge in [0.2, 0.25) is 0 Å². The summed E-state index contributed by atoms with van der Waals surface area (Å²) in [7, 11) is 0. The third-order valence-corrected chi connectivity index (χ3v) is 2.08. The van der Waals surface area contributed by atoms with Gasteiger partial charge in [0.1, 0.15) is 4.84 Å². The number of alkyl halides is 2. The molecule has 1 saturated heterocycles. The first-order valence-corrected chi connectivity index (χ1v) is 4.45. The maximum absolute atomic E-state index is 5.59.